The fourth-order valence-electron chi connectivity index (χ4n) is 6.78. The van der Waals surface area contributed by atoms with E-state index in [0.29, 0.717) is 39.6 Å². The third-order valence-corrected chi connectivity index (χ3v) is 9.70. The van der Waals surface area contributed by atoms with Crippen molar-refractivity contribution in [3.8, 4) is 11.5 Å². The number of aryl methyl sites for hydroxylation is 1. The Morgan fingerprint density at radius 3 is 2.24 bits per heavy atom. The van der Waals surface area contributed by atoms with Gasteiger partial charge in [-0.05, 0) is 78.8 Å². The standard InChI is InChI=1S/C41H43N5O8/c1-25(2)20-33(37(49)43-32(22-36(47)48)28-16-19-34-35(21-28)54-24-53-34)46-38(50)41(4,29-11-6-5-7-12-29)45(40(46)52)23-27-14-17-30(18-15-27)42-39(51)44-31-13-9-8-10-26(31)3/h5-19,21,25,32-33H,20,22-24H2,1-4H3,(H,43,49)(H,47,48)(H2,42,44,51)/t32?,33?,41-/m0/s1. The van der Waals surface area contributed by atoms with E-state index in [2.05, 4.69) is 16.0 Å². The maximum absolute atomic E-state index is 14.7. The Morgan fingerprint density at radius 1 is 0.870 bits per heavy atom. The zero-order valence-electron chi connectivity index (χ0n) is 30.5. The lowest BCUT2D eigenvalue weighted by atomic mass is 9.89. The van der Waals surface area contributed by atoms with Gasteiger partial charge in [-0.2, -0.15) is 0 Å². The van der Waals surface area contributed by atoms with E-state index in [9.17, 15) is 29.1 Å². The Bertz CT molecular complexity index is 2050. The minimum Gasteiger partial charge on any atom is -0.481 e. The Labute approximate surface area is 313 Å². The molecule has 0 bridgehead atoms. The molecule has 0 radical (unpaired) electrons. The van der Waals surface area contributed by atoms with Gasteiger partial charge in [0.15, 0.2) is 11.5 Å². The quantitative estimate of drug-likeness (QED) is 0.109. The molecule has 2 aliphatic rings. The van der Waals surface area contributed by atoms with Crippen molar-refractivity contribution >= 4 is 41.2 Å². The molecule has 2 unspecified atom stereocenters. The second-order valence-corrected chi connectivity index (χ2v) is 14.0. The number of imide groups is 1. The van der Waals surface area contributed by atoms with Crippen molar-refractivity contribution in [1.29, 1.82) is 0 Å². The van der Waals surface area contributed by atoms with Crippen LogP contribution in [0.2, 0.25) is 0 Å². The predicted octanol–water partition coefficient (Wildman–Crippen LogP) is 6.79. The van der Waals surface area contributed by atoms with Crippen LogP contribution in [0.5, 0.6) is 11.5 Å². The van der Waals surface area contributed by atoms with Gasteiger partial charge >= 0.3 is 18.0 Å². The maximum atomic E-state index is 14.7. The van der Waals surface area contributed by atoms with Crippen molar-refractivity contribution in [2.24, 2.45) is 5.92 Å². The lowest BCUT2D eigenvalue weighted by Crippen LogP contribution is -2.52. The van der Waals surface area contributed by atoms with E-state index >= 15 is 0 Å². The largest absolute Gasteiger partial charge is 0.481 e. The monoisotopic (exact) mass is 733 g/mol. The molecule has 0 aromatic heterocycles. The number of nitrogens with zero attached hydrogens (tertiary/aromatic N) is 2. The first-order chi connectivity index (χ1) is 25.8. The zero-order valence-corrected chi connectivity index (χ0v) is 30.5. The molecule has 0 saturated carbocycles. The van der Waals surface area contributed by atoms with Crippen LogP contribution in [-0.4, -0.2) is 57.6 Å². The molecule has 1 fully saturated rings. The highest BCUT2D eigenvalue weighted by atomic mass is 16.7. The average Bonchev–Trinajstić information content (AvgIpc) is 3.69. The molecular formula is C41H43N5O8. The number of carbonyl (C=O) groups excluding carboxylic acids is 4. The maximum Gasteiger partial charge on any atom is 0.329 e. The predicted molar refractivity (Wildman–Crippen MR) is 201 cm³/mol. The third-order valence-electron chi connectivity index (χ3n) is 9.70. The summed E-state index contributed by atoms with van der Waals surface area (Å²) in [6.07, 6.45) is -0.318. The fourth-order valence-corrected chi connectivity index (χ4v) is 6.78. The SMILES string of the molecule is Cc1ccccc1NC(=O)Nc1ccc(CN2C(=O)N(C(CC(C)C)C(=O)NC(CC(=O)O)c3ccc4c(c3)OCO4)C(=O)[C@]2(C)c2ccccc2)cc1. The van der Waals surface area contributed by atoms with Gasteiger partial charge in [0, 0.05) is 17.9 Å². The van der Waals surface area contributed by atoms with Crippen molar-refractivity contribution in [3.05, 3.63) is 119 Å². The molecule has 0 spiro atoms. The summed E-state index contributed by atoms with van der Waals surface area (Å²) >= 11 is 0. The number of carboxylic acid groups (broad SMARTS) is 1. The van der Waals surface area contributed by atoms with Crippen molar-refractivity contribution in [2.75, 3.05) is 17.4 Å². The van der Waals surface area contributed by atoms with Gasteiger partial charge in [-0.25, -0.2) is 14.5 Å². The topological polar surface area (TPSA) is 167 Å². The van der Waals surface area contributed by atoms with Crippen molar-refractivity contribution in [2.45, 2.75) is 64.7 Å². The van der Waals surface area contributed by atoms with E-state index in [1.54, 1.807) is 73.7 Å². The van der Waals surface area contributed by atoms with Crippen LogP contribution in [0.15, 0.2) is 97.1 Å². The summed E-state index contributed by atoms with van der Waals surface area (Å²) < 4.78 is 10.9. The Kier molecular flexibility index (Phi) is 10.9. The number of aliphatic carboxylic acids is 1. The second kappa shape index (κ2) is 15.7. The molecule has 2 aliphatic heterocycles. The highest BCUT2D eigenvalue weighted by Crippen LogP contribution is 2.41. The van der Waals surface area contributed by atoms with Gasteiger partial charge < -0.3 is 35.4 Å². The Balaban J connectivity index is 1.27. The van der Waals surface area contributed by atoms with E-state index in [4.69, 9.17) is 9.47 Å². The van der Waals surface area contributed by atoms with Crippen LogP contribution in [0.25, 0.3) is 0 Å². The number of carboxylic acids is 1. The smallest absolute Gasteiger partial charge is 0.329 e. The first-order valence-corrected chi connectivity index (χ1v) is 17.7. The number of ether oxygens (including phenoxy) is 2. The summed E-state index contributed by atoms with van der Waals surface area (Å²) in [6.45, 7) is 7.35. The van der Waals surface area contributed by atoms with Gasteiger partial charge in [-0.15, -0.1) is 0 Å². The van der Waals surface area contributed by atoms with Gasteiger partial charge in [0.25, 0.3) is 5.91 Å². The van der Waals surface area contributed by atoms with Crippen molar-refractivity contribution < 1.29 is 38.6 Å². The molecular weight excluding hydrogens is 690 g/mol. The van der Waals surface area contributed by atoms with Crippen LogP contribution in [0.1, 0.15) is 61.9 Å². The molecule has 4 N–H and O–H groups in total. The van der Waals surface area contributed by atoms with Crippen LogP contribution < -0.4 is 25.4 Å². The Hall–Kier alpha value is -6.37. The van der Waals surface area contributed by atoms with Crippen molar-refractivity contribution in [1.82, 2.24) is 15.1 Å². The van der Waals surface area contributed by atoms with Gasteiger partial charge in [-0.1, -0.05) is 80.6 Å². The first-order valence-electron chi connectivity index (χ1n) is 17.7. The molecule has 2 heterocycles. The number of hydrogen-bond acceptors (Lipinski definition) is 7. The number of para-hydroxylation sites is 1. The summed E-state index contributed by atoms with van der Waals surface area (Å²) in [5.41, 5.74) is 2.34. The molecule has 4 aromatic carbocycles. The number of amides is 6. The van der Waals surface area contributed by atoms with E-state index < -0.39 is 53.9 Å². The first kappa shape index (κ1) is 37.4. The number of urea groups is 2. The molecule has 6 rings (SSSR count). The fraction of sp³-hybridized carbons (Fsp3) is 0.293. The lowest BCUT2D eigenvalue weighted by molar-refractivity contribution is -0.141. The van der Waals surface area contributed by atoms with Crippen LogP contribution >= 0.6 is 0 Å². The molecule has 4 aromatic rings. The molecule has 13 nitrogen and oxygen atoms in total. The average molecular weight is 734 g/mol. The van der Waals surface area contributed by atoms with E-state index in [1.807, 2.05) is 51.1 Å². The zero-order chi connectivity index (χ0) is 38.6. The van der Waals surface area contributed by atoms with Gasteiger partial charge in [-0.3, -0.25) is 14.4 Å². The number of anilines is 2. The molecule has 6 amide bonds. The summed E-state index contributed by atoms with van der Waals surface area (Å²) in [6, 6.07) is 24.9. The molecule has 280 valence electrons. The molecule has 3 atom stereocenters. The second-order valence-electron chi connectivity index (χ2n) is 14.0. The van der Waals surface area contributed by atoms with Crippen molar-refractivity contribution in [3.63, 3.8) is 0 Å². The van der Waals surface area contributed by atoms with Gasteiger partial charge in [0.2, 0.25) is 12.7 Å². The lowest BCUT2D eigenvalue weighted by Gasteiger charge is -2.32. The summed E-state index contributed by atoms with van der Waals surface area (Å²) in [5, 5.41) is 18.2. The molecule has 54 heavy (non-hydrogen) atoms. The van der Waals surface area contributed by atoms with Crippen LogP contribution in [0.4, 0.5) is 21.0 Å². The highest BCUT2D eigenvalue weighted by molar-refractivity contribution is 6.10. The number of hydrogen-bond donors (Lipinski definition) is 4. The van der Waals surface area contributed by atoms with Crippen LogP contribution in [-0.2, 0) is 26.5 Å². The van der Waals surface area contributed by atoms with E-state index in [1.165, 1.54) is 4.90 Å². The molecule has 13 heteroatoms. The summed E-state index contributed by atoms with van der Waals surface area (Å²) in [5.74, 6) is -1.59. The third kappa shape index (κ3) is 7.85. The number of carbonyl (C=O) groups is 5. The minimum absolute atomic E-state index is 0.0109. The number of rotatable bonds is 13. The normalized spacial score (nSPS) is 17.4. The van der Waals surface area contributed by atoms with Crippen LogP contribution in [0, 0.1) is 12.8 Å². The molecule has 0 aliphatic carbocycles. The highest BCUT2D eigenvalue weighted by Gasteiger charge is 2.58. The Morgan fingerprint density at radius 2 is 1.56 bits per heavy atom. The van der Waals surface area contributed by atoms with Gasteiger partial charge in [0.1, 0.15) is 11.6 Å². The number of fused-ring (bicyclic) bond motifs is 1. The summed E-state index contributed by atoms with van der Waals surface area (Å²) in [7, 11) is 0. The minimum atomic E-state index is -1.49. The van der Waals surface area contributed by atoms with E-state index in [0.717, 1.165) is 10.5 Å². The van der Waals surface area contributed by atoms with E-state index in [-0.39, 0.29) is 25.7 Å². The van der Waals surface area contributed by atoms with Crippen LogP contribution in [0.3, 0.4) is 0 Å². The van der Waals surface area contributed by atoms with Gasteiger partial charge in [0.05, 0.1) is 12.5 Å². The molecule has 1 saturated heterocycles. The summed E-state index contributed by atoms with van der Waals surface area (Å²) in [4.78, 5) is 70.7. The number of nitrogens with one attached hydrogen (secondary N) is 3. The number of benzene rings is 4.